The molecule has 0 saturated carbocycles. The monoisotopic (exact) mass is 359 g/mol. The van der Waals surface area contributed by atoms with E-state index in [1.54, 1.807) is 27.8 Å². The van der Waals surface area contributed by atoms with Gasteiger partial charge in [-0.25, -0.2) is 4.79 Å². The zero-order valence-corrected chi connectivity index (χ0v) is 15.7. The van der Waals surface area contributed by atoms with Gasteiger partial charge >= 0.3 is 6.09 Å². The number of fused-ring (bicyclic) bond motifs is 1. The highest BCUT2D eigenvalue weighted by molar-refractivity contribution is 6.08. The van der Waals surface area contributed by atoms with Crippen LogP contribution in [0.4, 0.5) is 10.5 Å². The molecule has 0 aliphatic carbocycles. The second-order valence-corrected chi connectivity index (χ2v) is 7.32. The summed E-state index contributed by atoms with van der Waals surface area (Å²) in [6.07, 6.45) is 0.346. The molecule has 7 nitrogen and oxygen atoms in total. The van der Waals surface area contributed by atoms with Crippen LogP contribution in [0.3, 0.4) is 0 Å². The molecule has 140 valence electrons. The molecule has 0 unspecified atom stereocenters. The Balaban J connectivity index is 1.81. The van der Waals surface area contributed by atoms with E-state index in [1.807, 2.05) is 26.0 Å². The number of hydrogen-bond acceptors (Lipinski definition) is 4. The van der Waals surface area contributed by atoms with Crippen molar-refractivity contribution in [2.75, 3.05) is 45.2 Å². The number of methoxy groups -OCH3 is 1. The molecule has 2 heterocycles. The van der Waals surface area contributed by atoms with Crippen LogP contribution < -0.4 is 4.90 Å². The van der Waals surface area contributed by atoms with Crippen LogP contribution in [0.2, 0.25) is 0 Å². The second kappa shape index (κ2) is 6.63. The molecule has 3 amide bonds. The zero-order valence-electron chi connectivity index (χ0n) is 15.7. The van der Waals surface area contributed by atoms with Gasteiger partial charge < -0.3 is 19.4 Å². The fraction of sp³-hybridized carbons (Fsp3) is 0.526. The third-order valence-electron chi connectivity index (χ3n) is 5.33. The van der Waals surface area contributed by atoms with Crippen molar-refractivity contribution in [3.05, 3.63) is 29.3 Å². The van der Waals surface area contributed by atoms with Crippen molar-refractivity contribution >= 4 is 23.6 Å². The van der Waals surface area contributed by atoms with E-state index in [-0.39, 0.29) is 17.9 Å². The molecular formula is C19H25N3O4. The molecule has 0 radical (unpaired) electrons. The van der Waals surface area contributed by atoms with Crippen molar-refractivity contribution in [3.63, 3.8) is 0 Å². The molecule has 0 spiro atoms. The van der Waals surface area contributed by atoms with E-state index < -0.39 is 5.41 Å². The maximum absolute atomic E-state index is 13.0. The molecule has 1 fully saturated rings. The largest absolute Gasteiger partial charge is 0.453 e. The molecule has 2 aliphatic heterocycles. The SMILES string of the molecule is COC(=O)N1CCCN(C(=O)c2ccc3c(c2)C(C)(C)C(=O)N3C)CC1. The normalized spacial score (nSPS) is 19.2. The lowest BCUT2D eigenvalue weighted by Gasteiger charge is -2.22. The first-order valence-corrected chi connectivity index (χ1v) is 8.82. The second-order valence-electron chi connectivity index (χ2n) is 7.32. The fourth-order valence-electron chi connectivity index (χ4n) is 3.72. The Morgan fingerprint density at radius 3 is 2.42 bits per heavy atom. The van der Waals surface area contributed by atoms with E-state index in [2.05, 4.69) is 0 Å². The molecule has 2 aliphatic rings. The number of ether oxygens (including phenoxy) is 1. The van der Waals surface area contributed by atoms with E-state index in [9.17, 15) is 14.4 Å². The van der Waals surface area contributed by atoms with Gasteiger partial charge in [0.25, 0.3) is 5.91 Å². The van der Waals surface area contributed by atoms with Gasteiger partial charge in [0, 0.05) is 44.5 Å². The van der Waals surface area contributed by atoms with Crippen molar-refractivity contribution < 1.29 is 19.1 Å². The standard InChI is InChI=1S/C19H25N3O4/c1-19(2)14-12-13(6-7-15(14)20(3)17(19)24)16(23)21-8-5-9-22(11-10-21)18(25)26-4/h6-7,12H,5,8-11H2,1-4H3. The van der Waals surface area contributed by atoms with Crippen LogP contribution in [-0.4, -0.2) is 68.0 Å². The minimum atomic E-state index is -0.638. The van der Waals surface area contributed by atoms with Crippen molar-refractivity contribution in [2.45, 2.75) is 25.7 Å². The van der Waals surface area contributed by atoms with Crippen LogP contribution in [-0.2, 0) is 14.9 Å². The van der Waals surface area contributed by atoms with Crippen molar-refractivity contribution in [1.82, 2.24) is 9.80 Å². The first kappa shape index (κ1) is 18.2. The van der Waals surface area contributed by atoms with Crippen LogP contribution in [0.1, 0.15) is 36.2 Å². The summed E-state index contributed by atoms with van der Waals surface area (Å²) >= 11 is 0. The first-order chi connectivity index (χ1) is 12.3. The van der Waals surface area contributed by atoms with Gasteiger partial charge in [0.1, 0.15) is 0 Å². The van der Waals surface area contributed by atoms with Gasteiger partial charge in [-0.2, -0.15) is 0 Å². The third-order valence-corrected chi connectivity index (χ3v) is 5.33. The summed E-state index contributed by atoms with van der Waals surface area (Å²) in [6.45, 7) is 5.85. The predicted molar refractivity (Wildman–Crippen MR) is 97.4 cm³/mol. The Hall–Kier alpha value is -2.57. The number of likely N-dealkylation sites (N-methyl/N-ethyl adjacent to an activating group) is 1. The summed E-state index contributed by atoms with van der Waals surface area (Å²) in [5, 5.41) is 0. The van der Waals surface area contributed by atoms with Crippen molar-refractivity contribution in [1.29, 1.82) is 0 Å². The summed E-state index contributed by atoms with van der Waals surface area (Å²) in [7, 11) is 3.12. The molecule has 0 N–H and O–H groups in total. The number of anilines is 1. The molecule has 0 atom stereocenters. The number of nitrogens with zero attached hydrogens (tertiary/aromatic N) is 3. The predicted octanol–water partition coefficient (Wildman–Crippen LogP) is 1.85. The zero-order chi connectivity index (χ0) is 19.1. The van der Waals surface area contributed by atoms with E-state index in [1.165, 1.54) is 7.11 Å². The van der Waals surface area contributed by atoms with Crippen LogP contribution in [0.15, 0.2) is 18.2 Å². The summed E-state index contributed by atoms with van der Waals surface area (Å²) in [5.41, 5.74) is 1.67. The Bertz CT molecular complexity index is 759. The Morgan fingerprint density at radius 2 is 1.73 bits per heavy atom. The molecule has 3 rings (SSSR count). The third kappa shape index (κ3) is 2.91. The summed E-state index contributed by atoms with van der Waals surface area (Å²) in [4.78, 5) is 42.1. The Morgan fingerprint density at radius 1 is 1.08 bits per heavy atom. The van der Waals surface area contributed by atoms with E-state index in [0.29, 0.717) is 38.2 Å². The number of rotatable bonds is 1. The molecule has 1 saturated heterocycles. The average Bonchev–Trinajstić information content (AvgIpc) is 2.84. The molecule has 0 bridgehead atoms. The highest BCUT2D eigenvalue weighted by atomic mass is 16.5. The smallest absolute Gasteiger partial charge is 0.409 e. The molecular weight excluding hydrogens is 334 g/mol. The number of benzene rings is 1. The summed E-state index contributed by atoms with van der Waals surface area (Å²) in [5.74, 6) is -0.0436. The molecule has 1 aromatic rings. The molecule has 0 aromatic heterocycles. The summed E-state index contributed by atoms with van der Waals surface area (Å²) in [6, 6.07) is 5.45. The van der Waals surface area contributed by atoms with Crippen LogP contribution in [0.5, 0.6) is 0 Å². The maximum Gasteiger partial charge on any atom is 0.409 e. The topological polar surface area (TPSA) is 70.2 Å². The van der Waals surface area contributed by atoms with Gasteiger partial charge in [-0.05, 0) is 44.0 Å². The van der Waals surface area contributed by atoms with Gasteiger partial charge in [0.2, 0.25) is 5.91 Å². The maximum atomic E-state index is 13.0. The number of carbonyl (C=O) groups is 3. The highest BCUT2D eigenvalue weighted by Crippen LogP contribution is 2.41. The minimum Gasteiger partial charge on any atom is -0.453 e. The van der Waals surface area contributed by atoms with E-state index in [4.69, 9.17) is 4.74 Å². The Labute approximate surface area is 153 Å². The average molecular weight is 359 g/mol. The summed E-state index contributed by atoms with van der Waals surface area (Å²) < 4.78 is 4.77. The number of hydrogen-bond donors (Lipinski definition) is 0. The lowest BCUT2D eigenvalue weighted by molar-refractivity contribution is -0.121. The van der Waals surface area contributed by atoms with Crippen molar-refractivity contribution in [2.24, 2.45) is 0 Å². The molecule has 26 heavy (non-hydrogen) atoms. The molecule has 1 aromatic carbocycles. The lowest BCUT2D eigenvalue weighted by atomic mass is 9.85. The van der Waals surface area contributed by atoms with Crippen LogP contribution in [0.25, 0.3) is 0 Å². The van der Waals surface area contributed by atoms with E-state index in [0.717, 1.165) is 11.3 Å². The van der Waals surface area contributed by atoms with Gasteiger partial charge in [-0.15, -0.1) is 0 Å². The minimum absolute atomic E-state index is 0.0283. The number of carbonyl (C=O) groups excluding carboxylic acids is 3. The quantitative estimate of drug-likeness (QED) is 0.767. The van der Waals surface area contributed by atoms with Gasteiger partial charge in [-0.1, -0.05) is 0 Å². The lowest BCUT2D eigenvalue weighted by Crippen LogP contribution is -2.37. The van der Waals surface area contributed by atoms with E-state index >= 15 is 0 Å². The first-order valence-electron chi connectivity index (χ1n) is 8.82. The van der Waals surface area contributed by atoms with Crippen molar-refractivity contribution in [3.8, 4) is 0 Å². The van der Waals surface area contributed by atoms with Crippen LogP contribution in [0, 0.1) is 0 Å². The molecule has 7 heteroatoms. The van der Waals surface area contributed by atoms with Gasteiger partial charge in [0.05, 0.1) is 12.5 Å². The van der Waals surface area contributed by atoms with Gasteiger partial charge in [-0.3, -0.25) is 9.59 Å². The highest BCUT2D eigenvalue weighted by Gasteiger charge is 2.42. The fourth-order valence-corrected chi connectivity index (χ4v) is 3.72. The van der Waals surface area contributed by atoms with Gasteiger partial charge in [0.15, 0.2) is 0 Å². The Kier molecular flexibility index (Phi) is 4.64. The number of amides is 3. The van der Waals surface area contributed by atoms with Crippen LogP contribution >= 0.6 is 0 Å².